The van der Waals surface area contributed by atoms with Gasteiger partial charge in [0.15, 0.2) is 6.10 Å². The fourth-order valence-corrected chi connectivity index (χ4v) is 2.63. The lowest BCUT2D eigenvalue weighted by Crippen LogP contribution is -2.49. The number of carbonyl (C=O) groups excluding carboxylic acids is 1. The van der Waals surface area contributed by atoms with E-state index in [0.717, 1.165) is 30.0 Å². The Morgan fingerprint density at radius 1 is 1.23 bits per heavy atom. The van der Waals surface area contributed by atoms with Crippen molar-refractivity contribution in [1.29, 1.82) is 0 Å². The van der Waals surface area contributed by atoms with E-state index < -0.39 is 6.10 Å². The first-order valence-electron chi connectivity index (χ1n) is 8.18. The molecule has 1 aromatic carbocycles. The van der Waals surface area contributed by atoms with Crippen molar-refractivity contribution >= 4 is 11.6 Å². The lowest BCUT2D eigenvalue weighted by atomic mass is 10.00. The van der Waals surface area contributed by atoms with Gasteiger partial charge in [0.25, 0.3) is 5.91 Å². The number of benzene rings is 1. The zero-order chi connectivity index (χ0) is 16.4. The second-order valence-electron chi connectivity index (χ2n) is 6.97. The first-order valence-corrected chi connectivity index (χ1v) is 8.18. The predicted molar refractivity (Wildman–Crippen MR) is 90.1 cm³/mol. The van der Waals surface area contributed by atoms with E-state index in [1.165, 1.54) is 0 Å². The van der Waals surface area contributed by atoms with Crippen molar-refractivity contribution < 1.29 is 9.53 Å². The normalized spacial score (nSPS) is 19.4. The number of hydrogen-bond acceptors (Lipinski definition) is 3. The molecular formula is C18H28N2O2. The molecule has 0 saturated heterocycles. The highest BCUT2D eigenvalue weighted by Gasteiger charge is 2.36. The molecule has 0 fully saturated rings. The molecule has 2 atom stereocenters. The largest absolute Gasteiger partial charge is 0.478 e. The van der Waals surface area contributed by atoms with Gasteiger partial charge in [-0.25, -0.2) is 0 Å². The molecular weight excluding hydrogens is 276 g/mol. The molecule has 0 bridgehead atoms. The SMILES string of the molecule is CC(C)CCN1C(=O)C(C(C)C)Oc2ccc(C(C)N)cc21. The van der Waals surface area contributed by atoms with Crippen molar-refractivity contribution in [2.45, 2.75) is 53.2 Å². The monoisotopic (exact) mass is 304 g/mol. The van der Waals surface area contributed by atoms with Crippen LogP contribution in [0.15, 0.2) is 18.2 Å². The molecule has 4 heteroatoms. The molecule has 2 N–H and O–H groups in total. The van der Waals surface area contributed by atoms with Crippen LogP contribution < -0.4 is 15.4 Å². The topological polar surface area (TPSA) is 55.6 Å². The first kappa shape index (κ1) is 16.8. The molecule has 1 aromatic rings. The summed E-state index contributed by atoms with van der Waals surface area (Å²) in [6.07, 6.45) is 0.569. The molecule has 1 aliphatic rings. The van der Waals surface area contributed by atoms with Crippen molar-refractivity contribution in [3.63, 3.8) is 0 Å². The quantitative estimate of drug-likeness (QED) is 0.905. The Bertz CT molecular complexity index is 538. The van der Waals surface area contributed by atoms with E-state index in [9.17, 15) is 4.79 Å². The number of carbonyl (C=O) groups is 1. The van der Waals surface area contributed by atoms with Crippen LogP contribution in [0.2, 0.25) is 0 Å². The summed E-state index contributed by atoms with van der Waals surface area (Å²) >= 11 is 0. The number of rotatable bonds is 5. The van der Waals surface area contributed by atoms with E-state index in [2.05, 4.69) is 13.8 Å². The number of anilines is 1. The van der Waals surface area contributed by atoms with Crippen LogP contribution in [0.1, 0.15) is 52.6 Å². The fourth-order valence-electron chi connectivity index (χ4n) is 2.63. The molecule has 0 spiro atoms. The summed E-state index contributed by atoms with van der Waals surface area (Å²) in [4.78, 5) is 14.7. The van der Waals surface area contributed by atoms with E-state index in [0.29, 0.717) is 5.92 Å². The van der Waals surface area contributed by atoms with Crippen molar-refractivity contribution in [2.75, 3.05) is 11.4 Å². The maximum absolute atomic E-state index is 12.8. The van der Waals surface area contributed by atoms with E-state index >= 15 is 0 Å². The molecule has 0 aromatic heterocycles. The maximum atomic E-state index is 12.8. The van der Waals surface area contributed by atoms with Crippen LogP contribution in [0.5, 0.6) is 5.75 Å². The molecule has 1 aliphatic heterocycles. The molecule has 2 unspecified atom stereocenters. The summed E-state index contributed by atoms with van der Waals surface area (Å²) in [6, 6.07) is 5.86. The Balaban J connectivity index is 2.40. The molecule has 122 valence electrons. The number of amides is 1. The van der Waals surface area contributed by atoms with E-state index in [-0.39, 0.29) is 17.9 Å². The summed E-state index contributed by atoms with van der Waals surface area (Å²) in [7, 11) is 0. The Labute approximate surface area is 133 Å². The lowest BCUT2D eigenvalue weighted by Gasteiger charge is -2.36. The number of fused-ring (bicyclic) bond motifs is 1. The molecule has 0 saturated carbocycles. The van der Waals surface area contributed by atoms with Gasteiger partial charge in [-0.1, -0.05) is 33.8 Å². The minimum atomic E-state index is -0.402. The van der Waals surface area contributed by atoms with Crippen LogP contribution in [0.3, 0.4) is 0 Å². The van der Waals surface area contributed by atoms with Gasteiger partial charge in [-0.3, -0.25) is 4.79 Å². The highest BCUT2D eigenvalue weighted by atomic mass is 16.5. The van der Waals surface area contributed by atoms with Crippen LogP contribution in [-0.2, 0) is 4.79 Å². The summed E-state index contributed by atoms with van der Waals surface area (Å²) in [6.45, 7) is 11.0. The van der Waals surface area contributed by atoms with Gasteiger partial charge in [-0.15, -0.1) is 0 Å². The molecule has 0 radical (unpaired) electrons. The van der Waals surface area contributed by atoms with Gasteiger partial charge in [0.1, 0.15) is 5.75 Å². The second kappa shape index (κ2) is 6.69. The van der Waals surface area contributed by atoms with Gasteiger partial charge in [-0.05, 0) is 42.9 Å². The molecule has 1 amide bonds. The van der Waals surface area contributed by atoms with Crippen LogP contribution in [0.4, 0.5) is 5.69 Å². The third-order valence-corrected chi connectivity index (χ3v) is 4.10. The number of ether oxygens (including phenoxy) is 1. The van der Waals surface area contributed by atoms with Gasteiger partial charge in [0.2, 0.25) is 0 Å². The lowest BCUT2D eigenvalue weighted by molar-refractivity contribution is -0.128. The standard InChI is InChI=1S/C18H28N2O2/c1-11(2)8-9-20-15-10-14(13(5)19)6-7-16(15)22-17(12(3)4)18(20)21/h6-7,10-13,17H,8-9,19H2,1-5H3. The van der Waals surface area contributed by atoms with Gasteiger partial charge in [0, 0.05) is 12.6 Å². The fraction of sp³-hybridized carbons (Fsp3) is 0.611. The average Bonchev–Trinajstić information content (AvgIpc) is 2.44. The van der Waals surface area contributed by atoms with Crippen molar-refractivity contribution in [1.82, 2.24) is 0 Å². The molecule has 22 heavy (non-hydrogen) atoms. The van der Waals surface area contributed by atoms with Crippen molar-refractivity contribution in [3.8, 4) is 5.75 Å². The Morgan fingerprint density at radius 3 is 2.45 bits per heavy atom. The molecule has 2 rings (SSSR count). The maximum Gasteiger partial charge on any atom is 0.268 e. The third-order valence-electron chi connectivity index (χ3n) is 4.10. The van der Waals surface area contributed by atoms with Crippen LogP contribution >= 0.6 is 0 Å². The van der Waals surface area contributed by atoms with Crippen LogP contribution in [-0.4, -0.2) is 18.6 Å². The van der Waals surface area contributed by atoms with E-state index in [4.69, 9.17) is 10.5 Å². The minimum Gasteiger partial charge on any atom is -0.478 e. The Hall–Kier alpha value is -1.55. The van der Waals surface area contributed by atoms with E-state index in [1.54, 1.807) is 0 Å². The second-order valence-corrected chi connectivity index (χ2v) is 6.97. The molecule has 0 aliphatic carbocycles. The Kier molecular flexibility index (Phi) is 5.12. The number of nitrogens with two attached hydrogens (primary N) is 1. The van der Waals surface area contributed by atoms with Gasteiger partial charge in [-0.2, -0.15) is 0 Å². The highest BCUT2D eigenvalue weighted by Crippen LogP contribution is 2.37. The third kappa shape index (κ3) is 3.43. The number of nitrogens with zero attached hydrogens (tertiary/aromatic N) is 1. The van der Waals surface area contributed by atoms with Crippen molar-refractivity contribution in [3.05, 3.63) is 23.8 Å². The molecule has 4 nitrogen and oxygen atoms in total. The van der Waals surface area contributed by atoms with E-state index in [1.807, 2.05) is 43.9 Å². The average molecular weight is 304 g/mol. The zero-order valence-corrected chi connectivity index (χ0v) is 14.3. The predicted octanol–water partition coefficient (Wildman–Crippen LogP) is 3.50. The smallest absolute Gasteiger partial charge is 0.268 e. The van der Waals surface area contributed by atoms with Crippen LogP contribution in [0, 0.1) is 11.8 Å². The summed E-state index contributed by atoms with van der Waals surface area (Å²) in [5, 5.41) is 0. The summed E-state index contributed by atoms with van der Waals surface area (Å²) in [5.41, 5.74) is 7.86. The van der Waals surface area contributed by atoms with Crippen LogP contribution in [0.25, 0.3) is 0 Å². The minimum absolute atomic E-state index is 0.0600. The van der Waals surface area contributed by atoms with Crippen molar-refractivity contribution in [2.24, 2.45) is 17.6 Å². The highest BCUT2D eigenvalue weighted by molar-refractivity contribution is 6.00. The number of hydrogen-bond donors (Lipinski definition) is 1. The molecule has 1 heterocycles. The zero-order valence-electron chi connectivity index (χ0n) is 14.3. The Morgan fingerprint density at radius 2 is 1.91 bits per heavy atom. The summed E-state index contributed by atoms with van der Waals surface area (Å²) < 4.78 is 5.95. The first-order chi connectivity index (χ1) is 10.3. The van der Waals surface area contributed by atoms with Gasteiger partial charge >= 0.3 is 0 Å². The van der Waals surface area contributed by atoms with Gasteiger partial charge in [0.05, 0.1) is 5.69 Å². The summed E-state index contributed by atoms with van der Waals surface area (Å²) in [5.74, 6) is 1.54. The van der Waals surface area contributed by atoms with Gasteiger partial charge < -0.3 is 15.4 Å².